The summed E-state index contributed by atoms with van der Waals surface area (Å²) in [4.78, 5) is 14.1. The highest BCUT2D eigenvalue weighted by atomic mass is 16.5. The van der Waals surface area contributed by atoms with Gasteiger partial charge in [0.1, 0.15) is 5.75 Å². The summed E-state index contributed by atoms with van der Waals surface area (Å²) in [7, 11) is 1.62. The van der Waals surface area contributed by atoms with Gasteiger partial charge in [0, 0.05) is 18.8 Å². The van der Waals surface area contributed by atoms with E-state index in [1.54, 1.807) is 7.11 Å². The number of carbonyl (C=O) groups is 1. The number of rotatable bonds is 4. The summed E-state index contributed by atoms with van der Waals surface area (Å²) in [5, 5.41) is 2.89. The largest absolute Gasteiger partial charge is 0.497 e. The molecule has 0 bridgehead atoms. The Morgan fingerprint density at radius 2 is 1.90 bits per heavy atom. The molecule has 1 aromatic rings. The van der Waals surface area contributed by atoms with E-state index in [1.165, 1.54) is 0 Å². The van der Waals surface area contributed by atoms with Crippen molar-refractivity contribution in [2.24, 2.45) is 0 Å². The van der Waals surface area contributed by atoms with Gasteiger partial charge in [-0.05, 0) is 38.1 Å². The van der Waals surface area contributed by atoms with Crippen molar-refractivity contribution in [3.8, 4) is 5.75 Å². The van der Waals surface area contributed by atoms with Gasteiger partial charge in [0.2, 0.25) is 5.91 Å². The fourth-order valence-electron chi connectivity index (χ4n) is 2.49. The molecule has 2 unspecified atom stereocenters. The molecule has 0 aliphatic carbocycles. The SMILES string of the molecule is COc1ccc(NC(=O)CN2CC(C)OC(C)C2)cc1. The van der Waals surface area contributed by atoms with E-state index in [9.17, 15) is 4.79 Å². The van der Waals surface area contributed by atoms with Crippen LogP contribution in [-0.4, -0.2) is 49.8 Å². The third-order valence-corrected chi connectivity index (χ3v) is 3.24. The van der Waals surface area contributed by atoms with Crippen molar-refractivity contribution in [2.45, 2.75) is 26.1 Å². The minimum absolute atomic E-state index is 0.00327. The number of morpholine rings is 1. The molecule has 1 heterocycles. The van der Waals surface area contributed by atoms with Crippen molar-refractivity contribution in [1.82, 2.24) is 4.90 Å². The molecule has 2 rings (SSSR count). The van der Waals surface area contributed by atoms with E-state index in [2.05, 4.69) is 10.2 Å². The lowest BCUT2D eigenvalue weighted by Gasteiger charge is -2.34. The molecule has 1 aliphatic heterocycles. The van der Waals surface area contributed by atoms with Gasteiger partial charge in [-0.2, -0.15) is 0 Å². The Kier molecular flexibility index (Phi) is 4.98. The Labute approximate surface area is 119 Å². The lowest BCUT2D eigenvalue weighted by atomic mass is 10.2. The van der Waals surface area contributed by atoms with Gasteiger partial charge in [0.05, 0.1) is 25.9 Å². The van der Waals surface area contributed by atoms with Crippen molar-refractivity contribution in [2.75, 3.05) is 32.1 Å². The number of nitrogens with zero attached hydrogens (tertiary/aromatic N) is 1. The molecule has 5 nitrogen and oxygen atoms in total. The molecule has 2 atom stereocenters. The van der Waals surface area contributed by atoms with Crippen LogP contribution in [0.15, 0.2) is 24.3 Å². The van der Waals surface area contributed by atoms with Crippen LogP contribution >= 0.6 is 0 Å². The van der Waals surface area contributed by atoms with E-state index in [4.69, 9.17) is 9.47 Å². The Bertz CT molecular complexity index is 437. The Morgan fingerprint density at radius 3 is 2.45 bits per heavy atom. The highest BCUT2D eigenvalue weighted by Gasteiger charge is 2.23. The number of hydrogen-bond acceptors (Lipinski definition) is 4. The fourth-order valence-corrected chi connectivity index (χ4v) is 2.49. The molecular weight excluding hydrogens is 256 g/mol. The summed E-state index contributed by atoms with van der Waals surface area (Å²) < 4.78 is 10.7. The number of benzene rings is 1. The second-order valence-electron chi connectivity index (χ2n) is 5.23. The first-order valence-electron chi connectivity index (χ1n) is 6.88. The molecule has 1 aliphatic rings. The third kappa shape index (κ3) is 4.21. The van der Waals surface area contributed by atoms with Crippen molar-refractivity contribution in [1.29, 1.82) is 0 Å². The smallest absolute Gasteiger partial charge is 0.238 e. The standard InChI is InChI=1S/C15H22N2O3/c1-11-8-17(9-12(2)20-11)10-15(18)16-13-4-6-14(19-3)7-5-13/h4-7,11-12H,8-10H2,1-3H3,(H,16,18). The number of nitrogens with one attached hydrogen (secondary N) is 1. The van der Waals surface area contributed by atoms with Crippen LogP contribution in [0.3, 0.4) is 0 Å². The first-order valence-corrected chi connectivity index (χ1v) is 6.88. The normalized spacial score (nSPS) is 23.4. The van der Waals surface area contributed by atoms with E-state index >= 15 is 0 Å². The van der Waals surface area contributed by atoms with Crippen LogP contribution in [0.4, 0.5) is 5.69 Å². The van der Waals surface area contributed by atoms with E-state index in [0.29, 0.717) is 6.54 Å². The third-order valence-electron chi connectivity index (χ3n) is 3.24. The van der Waals surface area contributed by atoms with Gasteiger partial charge < -0.3 is 14.8 Å². The van der Waals surface area contributed by atoms with Crippen molar-refractivity contribution in [3.63, 3.8) is 0 Å². The van der Waals surface area contributed by atoms with Crippen LogP contribution in [-0.2, 0) is 9.53 Å². The van der Waals surface area contributed by atoms with Crippen LogP contribution in [0.1, 0.15) is 13.8 Å². The van der Waals surface area contributed by atoms with Gasteiger partial charge in [0.15, 0.2) is 0 Å². The molecule has 0 saturated carbocycles. The molecule has 0 spiro atoms. The monoisotopic (exact) mass is 278 g/mol. The van der Waals surface area contributed by atoms with Crippen molar-refractivity contribution < 1.29 is 14.3 Å². The fraction of sp³-hybridized carbons (Fsp3) is 0.533. The van der Waals surface area contributed by atoms with E-state index in [1.807, 2.05) is 38.1 Å². The first-order chi connectivity index (χ1) is 9.56. The molecule has 0 radical (unpaired) electrons. The number of ether oxygens (including phenoxy) is 2. The molecule has 5 heteroatoms. The van der Waals surface area contributed by atoms with Crippen LogP contribution in [0.5, 0.6) is 5.75 Å². The molecule has 1 aromatic carbocycles. The van der Waals surface area contributed by atoms with E-state index < -0.39 is 0 Å². The quantitative estimate of drug-likeness (QED) is 0.911. The zero-order chi connectivity index (χ0) is 14.5. The second-order valence-corrected chi connectivity index (χ2v) is 5.23. The van der Waals surface area contributed by atoms with Crippen LogP contribution in [0.25, 0.3) is 0 Å². The lowest BCUT2D eigenvalue weighted by molar-refractivity contribution is -0.121. The Morgan fingerprint density at radius 1 is 1.30 bits per heavy atom. The van der Waals surface area contributed by atoms with E-state index in [-0.39, 0.29) is 18.1 Å². The van der Waals surface area contributed by atoms with Crippen LogP contribution < -0.4 is 10.1 Å². The van der Waals surface area contributed by atoms with Gasteiger partial charge in [0.25, 0.3) is 0 Å². The summed E-state index contributed by atoms with van der Waals surface area (Å²) in [6, 6.07) is 7.32. The maximum atomic E-state index is 12.0. The zero-order valence-electron chi connectivity index (χ0n) is 12.3. The summed E-state index contributed by atoms with van der Waals surface area (Å²) in [6.07, 6.45) is 0.347. The zero-order valence-corrected chi connectivity index (χ0v) is 12.3. The summed E-state index contributed by atoms with van der Waals surface area (Å²) in [6.45, 7) is 6.04. The average molecular weight is 278 g/mol. The first kappa shape index (κ1) is 14.8. The van der Waals surface area contributed by atoms with Gasteiger partial charge in [-0.1, -0.05) is 0 Å². The van der Waals surface area contributed by atoms with Gasteiger partial charge in [-0.3, -0.25) is 9.69 Å². The molecule has 20 heavy (non-hydrogen) atoms. The van der Waals surface area contributed by atoms with Crippen LogP contribution in [0, 0.1) is 0 Å². The number of hydrogen-bond donors (Lipinski definition) is 1. The highest BCUT2D eigenvalue weighted by molar-refractivity contribution is 5.92. The lowest BCUT2D eigenvalue weighted by Crippen LogP contribution is -2.48. The van der Waals surface area contributed by atoms with Crippen LogP contribution in [0.2, 0.25) is 0 Å². The molecule has 110 valence electrons. The maximum Gasteiger partial charge on any atom is 0.238 e. The summed E-state index contributed by atoms with van der Waals surface area (Å²) in [5.41, 5.74) is 0.783. The minimum atomic E-state index is -0.00327. The summed E-state index contributed by atoms with van der Waals surface area (Å²) in [5.74, 6) is 0.773. The predicted octanol–water partition coefficient (Wildman–Crippen LogP) is 1.74. The number of carbonyl (C=O) groups excluding carboxylic acids is 1. The molecular formula is C15H22N2O3. The number of anilines is 1. The Hall–Kier alpha value is -1.59. The molecule has 0 aromatic heterocycles. The Balaban J connectivity index is 1.85. The highest BCUT2D eigenvalue weighted by Crippen LogP contribution is 2.15. The topological polar surface area (TPSA) is 50.8 Å². The van der Waals surface area contributed by atoms with Gasteiger partial charge >= 0.3 is 0 Å². The van der Waals surface area contributed by atoms with Gasteiger partial charge in [-0.15, -0.1) is 0 Å². The predicted molar refractivity (Wildman–Crippen MR) is 78.1 cm³/mol. The average Bonchev–Trinajstić information content (AvgIpc) is 2.38. The molecule has 1 amide bonds. The number of amides is 1. The van der Waals surface area contributed by atoms with Crippen molar-refractivity contribution >= 4 is 11.6 Å². The minimum Gasteiger partial charge on any atom is -0.497 e. The van der Waals surface area contributed by atoms with Gasteiger partial charge in [-0.25, -0.2) is 0 Å². The number of methoxy groups -OCH3 is 1. The molecule has 1 saturated heterocycles. The maximum absolute atomic E-state index is 12.0. The molecule has 1 N–H and O–H groups in total. The van der Waals surface area contributed by atoms with E-state index in [0.717, 1.165) is 24.5 Å². The van der Waals surface area contributed by atoms with Crippen molar-refractivity contribution in [3.05, 3.63) is 24.3 Å². The molecule has 1 fully saturated rings. The second kappa shape index (κ2) is 6.72. The summed E-state index contributed by atoms with van der Waals surface area (Å²) >= 11 is 0.